The topological polar surface area (TPSA) is 37.3 Å². The highest BCUT2D eigenvalue weighted by Gasteiger charge is 2.25. The van der Waals surface area contributed by atoms with Crippen molar-refractivity contribution in [3.05, 3.63) is 39.6 Å². The number of carbonyl (C=O) groups excluding carboxylic acids is 1. The first-order chi connectivity index (χ1) is 7.63. The molecule has 0 aromatic heterocycles. The molecule has 0 spiro atoms. The maximum absolute atomic E-state index is 11.7. The van der Waals surface area contributed by atoms with E-state index in [2.05, 4.69) is 15.9 Å². The highest BCUT2D eigenvalue weighted by molar-refractivity contribution is 9.10. The van der Waals surface area contributed by atoms with E-state index in [0.717, 1.165) is 22.0 Å². The molecule has 0 fully saturated rings. The molecule has 0 saturated heterocycles. The average Bonchev–Trinajstić information content (AvgIpc) is 2.58. The van der Waals surface area contributed by atoms with Crippen LogP contribution in [0.15, 0.2) is 28.4 Å². The zero-order chi connectivity index (χ0) is 11.7. The number of aryl methyl sites for hydroxylation is 1. The van der Waals surface area contributed by atoms with Crippen LogP contribution in [-0.4, -0.2) is 10.9 Å². The van der Waals surface area contributed by atoms with Crippen LogP contribution in [0, 0.1) is 0 Å². The lowest BCUT2D eigenvalue weighted by atomic mass is 9.97. The molecule has 3 heteroatoms. The number of aliphatic hydroxyl groups is 1. The first kappa shape index (κ1) is 11.4. The van der Waals surface area contributed by atoms with Crippen LogP contribution in [0.3, 0.4) is 0 Å². The summed E-state index contributed by atoms with van der Waals surface area (Å²) in [5.74, 6) is 0.281. The molecule has 0 unspecified atom stereocenters. The summed E-state index contributed by atoms with van der Waals surface area (Å²) in [6.07, 6.45) is 1.76. The van der Waals surface area contributed by atoms with Crippen LogP contribution in [0.5, 0.6) is 0 Å². The third kappa shape index (κ3) is 1.92. The summed E-state index contributed by atoms with van der Waals surface area (Å²) in [4.78, 5) is 11.7. The molecule has 0 saturated carbocycles. The van der Waals surface area contributed by atoms with Crippen LogP contribution in [0.2, 0.25) is 0 Å². The van der Waals surface area contributed by atoms with Gasteiger partial charge in [0.15, 0.2) is 5.78 Å². The molecule has 1 aromatic rings. The minimum absolute atomic E-state index is 0.0466. The third-order valence-corrected chi connectivity index (χ3v) is 3.37. The van der Waals surface area contributed by atoms with Crippen molar-refractivity contribution >= 4 is 27.3 Å². The van der Waals surface area contributed by atoms with Crippen molar-refractivity contribution < 1.29 is 9.90 Å². The smallest absolute Gasteiger partial charge is 0.167 e. The summed E-state index contributed by atoms with van der Waals surface area (Å²) in [6.45, 7) is 2.05. The maximum atomic E-state index is 11.7. The number of ketones is 1. The Balaban J connectivity index is 2.59. The number of aliphatic hydroxyl groups excluding tert-OH is 1. The van der Waals surface area contributed by atoms with Crippen LogP contribution in [0.25, 0.3) is 5.57 Å². The summed E-state index contributed by atoms with van der Waals surface area (Å²) < 4.78 is 0.930. The number of carbonyl (C=O) groups is 1. The van der Waals surface area contributed by atoms with E-state index in [-0.39, 0.29) is 11.5 Å². The molecule has 2 nitrogen and oxygen atoms in total. The van der Waals surface area contributed by atoms with Crippen LogP contribution >= 0.6 is 15.9 Å². The summed E-state index contributed by atoms with van der Waals surface area (Å²) in [5.41, 5.74) is 2.48. The van der Waals surface area contributed by atoms with Gasteiger partial charge < -0.3 is 5.11 Å². The third-order valence-electron chi connectivity index (χ3n) is 2.88. The van der Waals surface area contributed by atoms with E-state index < -0.39 is 0 Å². The molecule has 1 aliphatic rings. The number of Topliss-reactive ketones (excluding diaryl/α,β-unsaturated/α-hetero) is 1. The minimum atomic E-state index is 0.0466. The van der Waals surface area contributed by atoms with Crippen molar-refractivity contribution in [2.45, 2.75) is 26.2 Å². The summed E-state index contributed by atoms with van der Waals surface area (Å²) in [7, 11) is 0. The number of rotatable bonds is 2. The van der Waals surface area contributed by atoms with Gasteiger partial charge in [0.05, 0.1) is 5.57 Å². The average molecular weight is 281 g/mol. The predicted molar refractivity (Wildman–Crippen MR) is 67.3 cm³/mol. The van der Waals surface area contributed by atoms with E-state index in [1.807, 2.05) is 25.1 Å². The Morgan fingerprint density at radius 1 is 1.38 bits per heavy atom. The molecule has 0 atom stereocenters. The Bertz CT molecular complexity index is 475. The molecule has 84 valence electrons. The molecule has 0 radical (unpaired) electrons. The SMILES string of the molecule is CCc1ccc(Br)cc1C1=C(O)CCC1=O. The fourth-order valence-electron chi connectivity index (χ4n) is 2.04. The monoisotopic (exact) mass is 280 g/mol. The van der Waals surface area contributed by atoms with Gasteiger partial charge in [0.2, 0.25) is 0 Å². The largest absolute Gasteiger partial charge is 0.512 e. The second kappa shape index (κ2) is 4.42. The van der Waals surface area contributed by atoms with Crippen LogP contribution in [0.1, 0.15) is 30.9 Å². The molecule has 1 aliphatic carbocycles. The van der Waals surface area contributed by atoms with Crippen LogP contribution in [0.4, 0.5) is 0 Å². The normalized spacial score (nSPS) is 16.0. The van der Waals surface area contributed by atoms with E-state index in [1.165, 1.54) is 0 Å². The van der Waals surface area contributed by atoms with Crippen LogP contribution < -0.4 is 0 Å². The van der Waals surface area contributed by atoms with Gasteiger partial charge in [-0.1, -0.05) is 28.9 Å². The van der Waals surface area contributed by atoms with Gasteiger partial charge in [0, 0.05) is 17.3 Å². The maximum Gasteiger partial charge on any atom is 0.167 e. The summed E-state index contributed by atoms with van der Waals surface area (Å²) in [6, 6.07) is 5.86. The van der Waals surface area contributed by atoms with Gasteiger partial charge in [-0.25, -0.2) is 0 Å². The van der Waals surface area contributed by atoms with Gasteiger partial charge in [-0.15, -0.1) is 0 Å². The molecule has 0 heterocycles. The van der Waals surface area contributed by atoms with Crippen molar-refractivity contribution in [3.63, 3.8) is 0 Å². The number of halogens is 1. The van der Waals surface area contributed by atoms with Crippen molar-refractivity contribution in [2.75, 3.05) is 0 Å². The molecule has 2 rings (SSSR count). The second-order valence-corrected chi connectivity index (χ2v) is 4.82. The predicted octanol–water partition coefficient (Wildman–Crippen LogP) is 3.64. The Hall–Kier alpha value is -1.09. The first-order valence-electron chi connectivity index (χ1n) is 5.37. The van der Waals surface area contributed by atoms with E-state index in [9.17, 15) is 9.90 Å². The Morgan fingerprint density at radius 3 is 2.69 bits per heavy atom. The minimum Gasteiger partial charge on any atom is -0.512 e. The fourth-order valence-corrected chi connectivity index (χ4v) is 2.40. The Labute approximate surface area is 103 Å². The second-order valence-electron chi connectivity index (χ2n) is 3.90. The van der Waals surface area contributed by atoms with Gasteiger partial charge in [-0.2, -0.15) is 0 Å². The van der Waals surface area contributed by atoms with Gasteiger partial charge in [-0.05, 0) is 29.7 Å². The molecule has 1 aromatic carbocycles. The first-order valence-corrected chi connectivity index (χ1v) is 6.17. The quantitative estimate of drug-likeness (QED) is 0.898. The van der Waals surface area contributed by atoms with E-state index >= 15 is 0 Å². The van der Waals surface area contributed by atoms with E-state index in [1.54, 1.807) is 0 Å². The molecule has 0 amide bonds. The van der Waals surface area contributed by atoms with Gasteiger partial charge >= 0.3 is 0 Å². The van der Waals surface area contributed by atoms with Crippen LogP contribution in [-0.2, 0) is 11.2 Å². The summed E-state index contributed by atoms with van der Waals surface area (Å²) in [5, 5.41) is 9.77. The number of hydrogen-bond donors (Lipinski definition) is 1. The Morgan fingerprint density at radius 2 is 2.12 bits per heavy atom. The highest BCUT2D eigenvalue weighted by Crippen LogP contribution is 2.33. The van der Waals surface area contributed by atoms with E-state index in [4.69, 9.17) is 0 Å². The number of benzene rings is 1. The molecule has 16 heavy (non-hydrogen) atoms. The standard InChI is InChI=1S/C13H13BrO2/c1-2-8-3-4-9(14)7-10(8)13-11(15)5-6-12(13)16/h3-4,7,15H,2,5-6H2,1H3. The van der Waals surface area contributed by atoms with Gasteiger partial charge in [0.25, 0.3) is 0 Å². The lowest BCUT2D eigenvalue weighted by Crippen LogP contribution is -2.00. The van der Waals surface area contributed by atoms with Gasteiger partial charge in [0.1, 0.15) is 5.76 Å². The van der Waals surface area contributed by atoms with E-state index in [0.29, 0.717) is 18.4 Å². The molecule has 0 aliphatic heterocycles. The summed E-state index contributed by atoms with van der Waals surface area (Å²) >= 11 is 3.40. The zero-order valence-electron chi connectivity index (χ0n) is 9.09. The molecule has 1 N–H and O–H groups in total. The molecular weight excluding hydrogens is 268 g/mol. The lowest BCUT2D eigenvalue weighted by molar-refractivity contribution is -0.113. The van der Waals surface area contributed by atoms with Crippen molar-refractivity contribution in [2.24, 2.45) is 0 Å². The van der Waals surface area contributed by atoms with Crippen molar-refractivity contribution in [1.29, 1.82) is 0 Å². The Kier molecular flexibility index (Phi) is 3.15. The number of hydrogen-bond acceptors (Lipinski definition) is 2. The molecular formula is C13H13BrO2. The lowest BCUT2D eigenvalue weighted by Gasteiger charge is -2.09. The van der Waals surface area contributed by atoms with Crippen molar-refractivity contribution in [1.82, 2.24) is 0 Å². The van der Waals surface area contributed by atoms with Crippen molar-refractivity contribution in [3.8, 4) is 0 Å². The highest BCUT2D eigenvalue weighted by atomic mass is 79.9. The number of allylic oxidation sites excluding steroid dienone is 2. The fraction of sp³-hybridized carbons (Fsp3) is 0.308. The molecule has 0 bridgehead atoms. The zero-order valence-corrected chi connectivity index (χ0v) is 10.7. The van der Waals surface area contributed by atoms with Gasteiger partial charge in [-0.3, -0.25) is 4.79 Å².